The summed E-state index contributed by atoms with van der Waals surface area (Å²) in [5, 5.41) is 28.5. The van der Waals surface area contributed by atoms with Gasteiger partial charge in [0.1, 0.15) is 6.10 Å². The van der Waals surface area contributed by atoms with Gasteiger partial charge < -0.3 is 15.3 Å². The molecule has 0 amide bonds. The number of aliphatic hydroxyl groups excluding tert-OH is 3. The van der Waals surface area contributed by atoms with Crippen LogP contribution in [-0.2, 0) is 0 Å². The molecule has 0 bridgehead atoms. The maximum absolute atomic E-state index is 13.0. The summed E-state index contributed by atoms with van der Waals surface area (Å²) >= 11 is 0. The number of alkyl halides is 2. The van der Waals surface area contributed by atoms with E-state index in [-0.39, 0.29) is 18.8 Å². The third-order valence-electron chi connectivity index (χ3n) is 4.03. The summed E-state index contributed by atoms with van der Waals surface area (Å²) in [6.45, 7) is 1.20. The van der Waals surface area contributed by atoms with Gasteiger partial charge in [-0.05, 0) is 18.8 Å². The molecular formula is C12H21F2NO3. The van der Waals surface area contributed by atoms with Crippen LogP contribution in [0.3, 0.4) is 0 Å². The van der Waals surface area contributed by atoms with E-state index >= 15 is 0 Å². The van der Waals surface area contributed by atoms with Crippen molar-refractivity contribution in [3.8, 4) is 0 Å². The van der Waals surface area contributed by atoms with Gasteiger partial charge in [-0.25, -0.2) is 8.78 Å². The van der Waals surface area contributed by atoms with E-state index in [1.165, 1.54) is 0 Å². The first-order valence-electron chi connectivity index (χ1n) is 6.52. The van der Waals surface area contributed by atoms with Gasteiger partial charge in [-0.15, -0.1) is 0 Å². The summed E-state index contributed by atoms with van der Waals surface area (Å²) in [5.74, 6) is -2.33. The number of nitrogens with zero attached hydrogens (tertiary/aromatic N) is 1. The van der Waals surface area contributed by atoms with Gasteiger partial charge in [0.2, 0.25) is 5.92 Å². The molecule has 2 atom stereocenters. The lowest BCUT2D eigenvalue weighted by Gasteiger charge is -2.39. The van der Waals surface area contributed by atoms with Crippen LogP contribution in [-0.4, -0.2) is 64.1 Å². The minimum Gasteiger partial charge on any atom is -0.389 e. The molecule has 1 heterocycles. The van der Waals surface area contributed by atoms with Gasteiger partial charge >= 0.3 is 0 Å². The lowest BCUT2D eigenvalue weighted by molar-refractivity contribution is -0.115. The van der Waals surface area contributed by atoms with Crippen LogP contribution in [0.25, 0.3) is 0 Å². The van der Waals surface area contributed by atoms with Crippen molar-refractivity contribution in [1.29, 1.82) is 0 Å². The Morgan fingerprint density at radius 3 is 2.00 bits per heavy atom. The van der Waals surface area contributed by atoms with E-state index < -0.39 is 24.2 Å². The number of β-amino-alcohol motifs (C(OH)–C–C–N with tert-alkyl or cyclic N) is 2. The number of halogens is 2. The van der Waals surface area contributed by atoms with Crippen LogP contribution >= 0.6 is 0 Å². The van der Waals surface area contributed by atoms with E-state index in [9.17, 15) is 24.1 Å². The van der Waals surface area contributed by atoms with Crippen LogP contribution < -0.4 is 0 Å². The summed E-state index contributed by atoms with van der Waals surface area (Å²) < 4.78 is 26.0. The summed E-state index contributed by atoms with van der Waals surface area (Å²) in [6.07, 6.45) is -2.19. The average molecular weight is 265 g/mol. The quantitative estimate of drug-likeness (QED) is 0.668. The molecule has 0 spiro atoms. The molecule has 1 aliphatic carbocycles. The molecule has 4 nitrogen and oxygen atoms in total. The van der Waals surface area contributed by atoms with Crippen LogP contribution in [0, 0.1) is 5.92 Å². The van der Waals surface area contributed by atoms with Crippen molar-refractivity contribution in [2.24, 2.45) is 5.92 Å². The zero-order valence-electron chi connectivity index (χ0n) is 10.3. The highest BCUT2D eigenvalue weighted by molar-refractivity contribution is 4.88. The molecular weight excluding hydrogens is 244 g/mol. The second-order valence-electron chi connectivity index (χ2n) is 5.64. The lowest BCUT2D eigenvalue weighted by Crippen LogP contribution is -2.56. The van der Waals surface area contributed by atoms with Crippen LogP contribution in [0.1, 0.15) is 25.7 Å². The molecule has 1 saturated heterocycles. The Bertz CT molecular complexity index is 268. The molecule has 0 radical (unpaired) electrons. The van der Waals surface area contributed by atoms with Crippen LogP contribution in [0.15, 0.2) is 0 Å². The SMILES string of the molecule is OC1CN(CC2CCC(F)(F)CC2)CC(O)C1O. The smallest absolute Gasteiger partial charge is 0.248 e. The van der Waals surface area contributed by atoms with Crippen molar-refractivity contribution in [2.45, 2.75) is 49.9 Å². The molecule has 3 N–H and O–H groups in total. The van der Waals surface area contributed by atoms with E-state index in [2.05, 4.69) is 0 Å². The first kappa shape index (κ1) is 14.1. The molecule has 0 aromatic heterocycles. The Morgan fingerprint density at radius 2 is 1.50 bits per heavy atom. The van der Waals surface area contributed by atoms with Crippen molar-refractivity contribution in [1.82, 2.24) is 4.90 Å². The van der Waals surface area contributed by atoms with Gasteiger partial charge in [-0.1, -0.05) is 0 Å². The van der Waals surface area contributed by atoms with Crippen LogP contribution in [0.5, 0.6) is 0 Å². The zero-order valence-corrected chi connectivity index (χ0v) is 10.3. The van der Waals surface area contributed by atoms with Crippen molar-refractivity contribution in [2.75, 3.05) is 19.6 Å². The van der Waals surface area contributed by atoms with Crippen LogP contribution in [0.2, 0.25) is 0 Å². The minimum absolute atomic E-state index is 0.0702. The maximum atomic E-state index is 13.0. The number of hydrogen-bond acceptors (Lipinski definition) is 4. The van der Waals surface area contributed by atoms with Crippen molar-refractivity contribution in [3.63, 3.8) is 0 Å². The van der Waals surface area contributed by atoms with E-state index in [0.29, 0.717) is 32.5 Å². The molecule has 1 saturated carbocycles. The largest absolute Gasteiger partial charge is 0.389 e. The summed E-state index contributed by atoms with van der Waals surface area (Å²) in [5.41, 5.74) is 0. The summed E-state index contributed by atoms with van der Waals surface area (Å²) in [4.78, 5) is 1.86. The fourth-order valence-electron chi connectivity index (χ4n) is 2.87. The highest BCUT2D eigenvalue weighted by Gasteiger charge is 2.38. The molecule has 1 aliphatic heterocycles. The summed E-state index contributed by atoms with van der Waals surface area (Å²) in [6, 6.07) is 0. The Labute approximate surface area is 105 Å². The maximum Gasteiger partial charge on any atom is 0.248 e. The Hall–Kier alpha value is -0.300. The average Bonchev–Trinajstić information content (AvgIpc) is 2.29. The Kier molecular flexibility index (Phi) is 4.21. The van der Waals surface area contributed by atoms with Crippen molar-refractivity contribution >= 4 is 0 Å². The summed E-state index contributed by atoms with van der Waals surface area (Å²) in [7, 11) is 0. The number of likely N-dealkylation sites (tertiary alicyclic amines) is 1. The third kappa shape index (κ3) is 3.38. The van der Waals surface area contributed by atoms with E-state index in [0.717, 1.165) is 0 Å². The fraction of sp³-hybridized carbons (Fsp3) is 1.00. The number of hydrogen-bond donors (Lipinski definition) is 3. The highest BCUT2D eigenvalue weighted by Crippen LogP contribution is 2.36. The molecule has 0 aromatic carbocycles. The molecule has 6 heteroatoms. The predicted molar refractivity (Wildman–Crippen MR) is 61.4 cm³/mol. The van der Waals surface area contributed by atoms with E-state index in [1.54, 1.807) is 0 Å². The van der Waals surface area contributed by atoms with E-state index in [1.807, 2.05) is 4.90 Å². The third-order valence-corrected chi connectivity index (χ3v) is 4.03. The van der Waals surface area contributed by atoms with Gasteiger partial charge in [-0.3, -0.25) is 4.90 Å². The lowest BCUT2D eigenvalue weighted by atomic mass is 9.86. The molecule has 106 valence electrons. The van der Waals surface area contributed by atoms with Gasteiger partial charge in [0, 0.05) is 32.5 Å². The first-order chi connectivity index (χ1) is 8.37. The van der Waals surface area contributed by atoms with Crippen molar-refractivity contribution < 1.29 is 24.1 Å². The number of rotatable bonds is 2. The zero-order chi connectivity index (χ0) is 13.3. The Morgan fingerprint density at radius 1 is 1.00 bits per heavy atom. The molecule has 18 heavy (non-hydrogen) atoms. The van der Waals surface area contributed by atoms with Gasteiger partial charge in [-0.2, -0.15) is 0 Å². The molecule has 2 rings (SSSR count). The number of piperidine rings is 1. The minimum atomic E-state index is -2.52. The Balaban J connectivity index is 1.80. The normalized spacial score (nSPS) is 38.8. The highest BCUT2D eigenvalue weighted by atomic mass is 19.3. The van der Waals surface area contributed by atoms with E-state index in [4.69, 9.17) is 0 Å². The predicted octanol–water partition coefficient (Wildman–Crippen LogP) is 0.210. The molecule has 2 fully saturated rings. The first-order valence-corrected chi connectivity index (χ1v) is 6.52. The molecule has 2 aliphatic rings. The molecule has 2 unspecified atom stereocenters. The second kappa shape index (κ2) is 5.36. The van der Waals surface area contributed by atoms with Crippen molar-refractivity contribution in [3.05, 3.63) is 0 Å². The van der Waals surface area contributed by atoms with Gasteiger partial charge in [0.05, 0.1) is 12.2 Å². The van der Waals surface area contributed by atoms with Gasteiger partial charge in [0.25, 0.3) is 0 Å². The number of aliphatic hydroxyl groups is 3. The van der Waals surface area contributed by atoms with Crippen LogP contribution in [0.4, 0.5) is 8.78 Å². The monoisotopic (exact) mass is 265 g/mol. The van der Waals surface area contributed by atoms with Gasteiger partial charge in [0.15, 0.2) is 0 Å². The topological polar surface area (TPSA) is 63.9 Å². The second-order valence-corrected chi connectivity index (χ2v) is 5.64. The standard InChI is InChI=1S/C12H21F2NO3/c13-12(14)3-1-8(2-4-12)5-15-6-9(16)11(18)10(17)7-15/h8-11,16-18H,1-7H2. The molecule has 0 aromatic rings. The fourth-order valence-corrected chi connectivity index (χ4v) is 2.87.